The van der Waals surface area contributed by atoms with Crippen molar-refractivity contribution in [3.8, 4) is 0 Å². The molecule has 1 aromatic heterocycles. The Labute approximate surface area is 158 Å². The molecule has 1 aliphatic heterocycles. The number of hydrogen-bond donors (Lipinski definition) is 1. The second-order valence-corrected chi connectivity index (χ2v) is 6.39. The highest BCUT2D eigenvalue weighted by atomic mass is 16.5. The molecular formula is C20H24N4O3. The fraction of sp³-hybridized carbons (Fsp3) is 0.350. The van der Waals surface area contributed by atoms with Crippen LogP contribution in [0.1, 0.15) is 15.9 Å². The lowest BCUT2D eigenvalue weighted by Gasteiger charge is -2.38. The molecule has 27 heavy (non-hydrogen) atoms. The fourth-order valence-corrected chi connectivity index (χ4v) is 3.09. The van der Waals surface area contributed by atoms with Gasteiger partial charge in [-0.05, 0) is 5.56 Å². The average molecular weight is 368 g/mol. The van der Waals surface area contributed by atoms with E-state index in [1.54, 1.807) is 7.11 Å². The maximum absolute atomic E-state index is 10.9. The van der Waals surface area contributed by atoms with Crippen molar-refractivity contribution in [1.29, 1.82) is 0 Å². The third kappa shape index (κ3) is 5.12. The zero-order chi connectivity index (χ0) is 19.1. The number of aromatic nitrogens is 2. The summed E-state index contributed by atoms with van der Waals surface area (Å²) in [6.45, 7) is 3.92. The molecule has 142 valence electrons. The van der Waals surface area contributed by atoms with Gasteiger partial charge in [0.25, 0.3) is 0 Å². The topological polar surface area (TPSA) is 78.8 Å². The third-order valence-corrected chi connectivity index (χ3v) is 4.60. The highest BCUT2D eigenvalue weighted by Crippen LogP contribution is 2.14. The van der Waals surface area contributed by atoms with E-state index in [1.165, 1.54) is 18.0 Å². The minimum Gasteiger partial charge on any atom is -0.478 e. The lowest BCUT2D eigenvalue weighted by Crippen LogP contribution is -2.51. The van der Waals surface area contributed by atoms with E-state index in [-0.39, 0.29) is 11.6 Å². The maximum atomic E-state index is 10.9. The molecule has 2 heterocycles. The zero-order valence-corrected chi connectivity index (χ0v) is 15.4. The first-order valence-electron chi connectivity index (χ1n) is 8.94. The summed E-state index contributed by atoms with van der Waals surface area (Å²) in [5.74, 6) is -0.443. The number of methoxy groups -OCH3 is 1. The Kier molecular flexibility index (Phi) is 6.51. The molecule has 0 spiro atoms. The molecule has 0 aliphatic carbocycles. The van der Waals surface area contributed by atoms with E-state index in [0.29, 0.717) is 12.6 Å². The van der Waals surface area contributed by atoms with Crippen LogP contribution in [0.2, 0.25) is 0 Å². The molecule has 1 aliphatic rings. The van der Waals surface area contributed by atoms with Gasteiger partial charge in [-0.25, -0.2) is 14.8 Å². The molecule has 7 nitrogen and oxygen atoms in total. The normalized spacial score (nSPS) is 16.6. The van der Waals surface area contributed by atoms with E-state index in [1.807, 2.05) is 18.2 Å². The largest absolute Gasteiger partial charge is 0.478 e. The van der Waals surface area contributed by atoms with Crippen molar-refractivity contribution in [3.63, 3.8) is 0 Å². The standard InChI is InChI=1S/C20H24N4O3/c1-27-15-18(8-7-16-5-3-2-4-6-16)23-9-11-24(12-10-23)20-21-13-17(14-22-20)19(25)26/h2-8,13-14,18H,9-12,15H2,1H3,(H,25,26)/b8-7+. The second kappa shape index (κ2) is 9.25. The molecule has 0 saturated carbocycles. The van der Waals surface area contributed by atoms with Crippen LogP contribution in [0.4, 0.5) is 5.95 Å². The smallest absolute Gasteiger partial charge is 0.338 e. The van der Waals surface area contributed by atoms with Crippen LogP contribution in [-0.4, -0.2) is 71.9 Å². The van der Waals surface area contributed by atoms with Gasteiger partial charge in [-0.1, -0.05) is 42.5 Å². The second-order valence-electron chi connectivity index (χ2n) is 6.39. The number of carbonyl (C=O) groups is 1. The number of rotatable bonds is 7. The first-order valence-corrected chi connectivity index (χ1v) is 8.94. The van der Waals surface area contributed by atoms with Crippen LogP contribution in [0.3, 0.4) is 0 Å². The summed E-state index contributed by atoms with van der Waals surface area (Å²) < 4.78 is 5.41. The predicted molar refractivity (Wildman–Crippen MR) is 104 cm³/mol. The van der Waals surface area contributed by atoms with Crippen molar-refractivity contribution < 1.29 is 14.6 Å². The Morgan fingerprint density at radius 3 is 2.44 bits per heavy atom. The number of anilines is 1. The lowest BCUT2D eigenvalue weighted by atomic mass is 10.1. The number of aromatic carboxylic acids is 1. The molecule has 1 unspecified atom stereocenters. The predicted octanol–water partition coefficient (Wildman–Crippen LogP) is 2.03. The lowest BCUT2D eigenvalue weighted by molar-refractivity contribution is 0.0696. The molecule has 1 aromatic carbocycles. The van der Waals surface area contributed by atoms with Crippen LogP contribution in [0.25, 0.3) is 6.08 Å². The minimum atomic E-state index is -1.01. The van der Waals surface area contributed by atoms with Gasteiger partial charge in [0.05, 0.1) is 18.2 Å². The van der Waals surface area contributed by atoms with E-state index < -0.39 is 5.97 Å². The van der Waals surface area contributed by atoms with Crippen LogP contribution in [-0.2, 0) is 4.74 Å². The van der Waals surface area contributed by atoms with Gasteiger partial charge in [0, 0.05) is 45.7 Å². The van der Waals surface area contributed by atoms with Crippen LogP contribution in [0, 0.1) is 0 Å². The van der Waals surface area contributed by atoms with E-state index in [2.05, 4.69) is 44.1 Å². The monoisotopic (exact) mass is 368 g/mol. The number of hydrogen-bond acceptors (Lipinski definition) is 6. The van der Waals surface area contributed by atoms with Crippen LogP contribution >= 0.6 is 0 Å². The zero-order valence-electron chi connectivity index (χ0n) is 15.4. The van der Waals surface area contributed by atoms with E-state index in [4.69, 9.17) is 9.84 Å². The molecule has 0 radical (unpaired) electrons. The summed E-state index contributed by atoms with van der Waals surface area (Å²) in [5, 5.41) is 8.95. The summed E-state index contributed by atoms with van der Waals surface area (Å²) in [4.78, 5) is 23.7. The van der Waals surface area contributed by atoms with Crippen molar-refractivity contribution >= 4 is 18.0 Å². The molecule has 1 fully saturated rings. The molecular weight excluding hydrogens is 344 g/mol. The number of ether oxygens (including phenoxy) is 1. The van der Waals surface area contributed by atoms with Crippen molar-refractivity contribution in [1.82, 2.24) is 14.9 Å². The number of nitrogens with zero attached hydrogens (tertiary/aromatic N) is 4. The summed E-state index contributed by atoms with van der Waals surface area (Å²) in [6, 6.07) is 10.4. The van der Waals surface area contributed by atoms with Crippen LogP contribution in [0.15, 0.2) is 48.8 Å². The van der Waals surface area contributed by atoms with Gasteiger partial charge in [-0.3, -0.25) is 4.90 Å². The van der Waals surface area contributed by atoms with Gasteiger partial charge >= 0.3 is 5.97 Å². The van der Waals surface area contributed by atoms with Crippen molar-refractivity contribution in [2.24, 2.45) is 0 Å². The highest BCUT2D eigenvalue weighted by molar-refractivity contribution is 5.86. The van der Waals surface area contributed by atoms with E-state index >= 15 is 0 Å². The van der Waals surface area contributed by atoms with Crippen LogP contribution < -0.4 is 4.90 Å². The first-order chi connectivity index (χ1) is 13.2. The van der Waals surface area contributed by atoms with Crippen LogP contribution in [0.5, 0.6) is 0 Å². The summed E-state index contributed by atoms with van der Waals surface area (Å²) in [7, 11) is 1.72. The average Bonchev–Trinajstić information content (AvgIpc) is 2.72. The van der Waals surface area contributed by atoms with E-state index in [9.17, 15) is 4.79 Å². The Bertz CT molecular complexity index is 757. The first kappa shape index (κ1) is 19.0. The molecule has 0 amide bonds. The molecule has 0 bridgehead atoms. The number of carboxylic acids is 1. The fourth-order valence-electron chi connectivity index (χ4n) is 3.09. The number of benzene rings is 1. The van der Waals surface area contributed by atoms with Gasteiger partial charge in [0.15, 0.2) is 0 Å². The molecule has 1 N–H and O–H groups in total. The van der Waals surface area contributed by atoms with Gasteiger partial charge in [-0.15, -0.1) is 0 Å². The molecule has 7 heteroatoms. The Morgan fingerprint density at radius 2 is 1.85 bits per heavy atom. The molecule has 2 aromatic rings. The van der Waals surface area contributed by atoms with Crippen molar-refractivity contribution in [2.75, 3.05) is 44.8 Å². The van der Waals surface area contributed by atoms with Crippen molar-refractivity contribution in [2.45, 2.75) is 6.04 Å². The quantitative estimate of drug-likeness (QED) is 0.801. The number of carboxylic acid groups (broad SMARTS) is 1. The molecule has 1 saturated heterocycles. The highest BCUT2D eigenvalue weighted by Gasteiger charge is 2.23. The molecule has 3 rings (SSSR count). The summed E-state index contributed by atoms with van der Waals surface area (Å²) in [6.07, 6.45) is 7.02. The number of piperazine rings is 1. The Hall–Kier alpha value is -2.77. The van der Waals surface area contributed by atoms with Gasteiger partial charge in [0.2, 0.25) is 5.95 Å². The van der Waals surface area contributed by atoms with Crippen molar-refractivity contribution in [3.05, 3.63) is 59.9 Å². The maximum Gasteiger partial charge on any atom is 0.338 e. The Morgan fingerprint density at radius 1 is 1.19 bits per heavy atom. The van der Waals surface area contributed by atoms with Gasteiger partial charge in [-0.2, -0.15) is 0 Å². The Balaban J connectivity index is 1.60. The molecule has 1 atom stereocenters. The SMILES string of the molecule is COCC(/C=C/c1ccccc1)N1CCN(c2ncc(C(=O)O)cn2)CC1. The minimum absolute atomic E-state index is 0.101. The van der Waals surface area contributed by atoms with Gasteiger partial charge in [0.1, 0.15) is 0 Å². The third-order valence-electron chi connectivity index (χ3n) is 4.60. The van der Waals surface area contributed by atoms with Gasteiger partial charge < -0.3 is 14.7 Å². The summed E-state index contributed by atoms with van der Waals surface area (Å²) in [5.41, 5.74) is 1.27. The summed E-state index contributed by atoms with van der Waals surface area (Å²) >= 11 is 0. The van der Waals surface area contributed by atoms with E-state index in [0.717, 1.165) is 26.2 Å².